The fraction of sp³-hybridized carbons (Fsp3) is 0.500. The molecule has 0 fully saturated rings. The lowest BCUT2D eigenvalue weighted by Crippen LogP contribution is -2.32. The van der Waals surface area contributed by atoms with Crippen molar-refractivity contribution in [1.82, 2.24) is 9.88 Å². The highest BCUT2D eigenvalue weighted by atomic mass is 32.1. The Balaban J connectivity index is 2.03. The number of hydrogen-bond donors (Lipinski definition) is 1. The third-order valence-corrected chi connectivity index (χ3v) is 6.06. The number of aryl methyl sites for hydroxylation is 3. The SMILES string of the molecule is Cc1ccc(NC(=O)CN(C)[C@@H](C)c2sc(C(C)C)nc2C)c(C)c1. The maximum absolute atomic E-state index is 12.4. The largest absolute Gasteiger partial charge is 0.325 e. The smallest absolute Gasteiger partial charge is 0.238 e. The summed E-state index contributed by atoms with van der Waals surface area (Å²) in [6.07, 6.45) is 0. The van der Waals surface area contributed by atoms with Crippen LogP contribution < -0.4 is 5.32 Å². The van der Waals surface area contributed by atoms with Crippen molar-refractivity contribution in [2.45, 2.75) is 53.5 Å². The van der Waals surface area contributed by atoms with Gasteiger partial charge in [0, 0.05) is 22.5 Å². The zero-order valence-electron chi connectivity index (χ0n) is 16.3. The van der Waals surface area contributed by atoms with Crippen LogP contribution in [-0.4, -0.2) is 29.4 Å². The number of aromatic nitrogens is 1. The second-order valence-electron chi connectivity index (χ2n) is 7.11. The van der Waals surface area contributed by atoms with E-state index in [1.165, 1.54) is 10.4 Å². The summed E-state index contributed by atoms with van der Waals surface area (Å²) in [6, 6.07) is 6.22. The maximum atomic E-state index is 12.4. The van der Waals surface area contributed by atoms with E-state index in [0.29, 0.717) is 12.5 Å². The summed E-state index contributed by atoms with van der Waals surface area (Å²) in [7, 11) is 1.99. The number of nitrogens with zero attached hydrogens (tertiary/aromatic N) is 2. The topological polar surface area (TPSA) is 45.2 Å². The highest BCUT2D eigenvalue weighted by Crippen LogP contribution is 2.31. The molecule has 1 aromatic carbocycles. The van der Waals surface area contributed by atoms with Crippen molar-refractivity contribution in [2.75, 3.05) is 18.9 Å². The quantitative estimate of drug-likeness (QED) is 0.804. The molecule has 2 rings (SSSR count). The summed E-state index contributed by atoms with van der Waals surface area (Å²) in [6.45, 7) is 12.9. The van der Waals surface area contributed by atoms with Gasteiger partial charge in [0.25, 0.3) is 0 Å². The molecule has 0 radical (unpaired) electrons. The van der Waals surface area contributed by atoms with Crippen molar-refractivity contribution >= 4 is 22.9 Å². The van der Waals surface area contributed by atoms with E-state index in [1.54, 1.807) is 11.3 Å². The van der Waals surface area contributed by atoms with Crippen molar-refractivity contribution in [3.05, 3.63) is 44.9 Å². The van der Waals surface area contributed by atoms with E-state index in [1.807, 2.05) is 26.1 Å². The number of amides is 1. The van der Waals surface area contributed by atoms with Gasteiger partial charge in [-0.2, -0.15) is 0 Å². The van der Waals surface area contributed by atoms with Crippen LogP contribution in [-0.2, 0) is 4.79 Å². The van der Waals surface area contributed by atoms with Crippen LogP contribution in [0, 0.1) is 20.8 Å². The summed E-state index contributed by atoms with van der Waals surface area (Å²) in [5, 5.41) is 4.18. The van der Waals surface area contributed by atoms with Gasteiger partial charge in [0.15, 0.2) is 0 Å². The monoisotopic (exact) mass is 359 g/mol. The van der Waals surface area contributed by atoms with Crippen LogP contribution in [0.1, 0.15) is 59.4 Å². The molecule has 0 unspecified atom stereocenters. The van der Waals surface area contributed by atoms with Gasteiger partial charge in [-0.1, -0.05) is 31.5 Å². The Morgan fingerprint density at radius 2 is 1.92 bits per heavy atom. The van der Waals surface area contributed by atoms with E-state index in [9.17, 15) is 4.79 Å². The molecule has 0 aliphatic rings. The van der Waals surface area contributed by atoms with E-state index in [-0.39, 0.29) is 11.9 Å². The Kier molecular flexibility index (Phi) is 6.36. The van der Waals surface area contributed by atoms with Crippen LogP contribution in [0.15, 0.2) is 18.2 Å². The van der Waals surface area contributed by atoms with Crippen molar-refractivity contribution < 1.29 is 4.79 Å². The standard InChI is InChI=1S/C20H29N3OS/c1-12(2)20-21-15(5)19(25-20)16(6)23(7)11-18(24)22-17-9-8-13(3)10-14(17)4/h8-10,12,16H,11H2,1-7H3,(H,22,24)/t16-/m0/s1. The van der Waals surface area contributed by atoms with Gasteiger partial charge in [0.2, 0.25) is 5.91 Å². The molecule has 1 atom stereocenters. The van der Waals surface area contributed by atoms with Crippen LogP contribution in [0.4, 0.5) is 5.69 Å². The first kappa shape index (κ1) is 19.6. The molecule has 0 aliphatic carbocycles. The molecule has 0 aliphatic heterocycles. The first-order valence-electron chi connectivity index (χ1n) is 8.73. The van der Waals surface area contributed by atoms with Gasteiger partial charge in [0.05, 0.1) is 17.2 Å². The Labute approximate surface area is 155 Å². The first-order chi connectivity index (χ1) is 11.7. The van der Waals surface area contributed by atoms with Gasteiger partial charge in [0.1, 0.15) is 0 Å². The van der Waals surface area contributed by atoms with Gasteiger partial charge in [-0.25, -0.2) is 4.98 Å². The van der Waals surface area contributed by atoms with Crippen LogP contribution in [0.5, 0.6) is 0 Å². The normalized spacial score (nSPS) is 12.7. The molecule has 5 heteroatoms. The Morgan fingerprint density at radius 3 is 2.48 bits per heavy atom. The highest BCUT2D eigenvalue weighted by molar-refractivity contribution is 7.11. The van der Waals surface area contributed by atoms with Crippen molar-refractivity contribution in [3.63, 3.8) is 0 Å². The van der Waals surface area contributed by atoms with Crippen molar-refractivity contribution in [2.24, 2.45) is 0 Å². The van der Waals surface area contributed by atoms with Crippen LogP contribution in [0.2, 0.25) is 0 Å². The number of rotatable bonds is 6. The summed E-state index contributed by atoms with van der Waals surface area (Å²) < 4.78 is 0. The van der Waals surface area contributed by atoms with E-state index < -0.39 is 0 Å². The molecule has 1 amide bonds. The molecule has 0 bridgehead atoms. The molecular weight excluding hydrogens is 330 g/mol. The maximum Gasteiger partial charge on any atom is 0.238 e. The number of anilines is 1. The van der Waals surface area contributed by atoms with E-state index in [0.717, 1.165) is 22.0 Å². The Hall–Kier alpha value is -1.72. The lowest BCUT2D eigenvalue weighted by Gasteiger charge is -2.23. The third-order valence-electron chi connectivity index (χ3n) is 4.43. The molecule has 2 aromatic rings. The summed E-state index contributed by atoms with van der Waals surface area (Å²) in [5.41, 5.74) is 4.24. The van der Waals surface area contributed by atoms with Crippen molar-refractivity contribution in [1.29, 1.82) is 0 Å². The fourth-order valence-corrected chi connectivity index (χ4v) is 3.96. The molecule has 4 nitrogen and oxygen atoms in total. The van der Waals surface area contributed by atoms with Crippen LogP contribution in [0.3, 0.4) is 0 Å². The number of nitrogens with one attached hydrogen (secondary N) is 1. The molecule has 25 heavy (non-hydrogen) atoms. The minimum Gasteiger partial charge on any atom is -0.325 e. The Morgan fingerprint density at radius 1 is 1.24 bits per heavy atom. The molecule has 1 aromatic heterocycles. The summed E-state index contributed by atoms with van der Waals surface area (Å²) >= 11 is 1.75. The van der Waals surface area contributed by atoms with Crippen LogP contribution >= 0.6 is 11.3 Å². The minimum atomic E-state index is 0.00699. The number of likely N-dealkylation sites (N-methyl/N-ethyl adjacent to an activating group) is 1. The Bertz CT molecular complexity index is 751. The first-order valence-corrected chi connectivity index (χ1v) is 9.55. The van der Waals surface area contributed by atoms with Crippen LogP contribution in [0.25, 0.3) is 0 Å². The number of hydrogen-bond acceptors (Lipinski definition) is 4. The molecule has 0 saturated carbocycles. The molecule has 136 valence electrons. The number of thiazole rings is 1. The number of benzene rings is 1. The second kappa shape index (κ2) is 8.11. The van der Waals surface area contributed by atoms with Gasteiger partial charge < -0.3 is 5.32 Å². The molecule has 1 heterocycles. The zero-order chi connectivity index (χ0) is 18.7. The minimum absolute atomic E-state index is 0.00699. The molecule has 1 N–H and O–H groups in total. The van der Waals surface area contributed by atoms with E-state index in [4.69, 9.17) is 0 Å². The second-order valence-corrected chi connectivity index (χ2v) is 8.18. The van der Waals surface area contributed by atoms with Crippen molar-refractivity contribution in [3.8, 4) is 0 Å². The predicted molar refractivity (Wildman–Crippen MR) is 107 cm³/mol. The summed E-state index contributed by atoms with van der Waals surface area (Å²) in [5.74, 6) is 0.440. The predicted octanol–water partition coefficient (Wildman–Crippen LogP) is 4.82. The van der Waals surface area contributed by atoms with Gasteiger partial charge >= 0.3 is 0 Å². The highest BCUT2D eigenvalue weighted by Gasteiger charge is 2.21. The lowest BCUT2D eigenvalue weighted by molar-refractivity contribution is -0.117. The average molecular weight is 360 g/mol. The average Bonchev–Trinajstić information content (AvgIpc) is 2.91. The molecular formula is C20H29N3OS. The fourth-order valence-electron chi connectivity index (χ4n) is 2.77. The van der Waals surface area contributed by atoms with Gasteiger partial charge in [-0.05, 0) is 46.4 Å². The van der Waals surface area contributed by atoms with E-state index in [2.05, 4.69) is 55.9 Å². The van der Waals surface area contributed by atoms with E-state index >= 15 is 0 Å². The summed E-state index contributed by atoms with van der Waals surface area (Å²) in [4.78, 5) is 20.4. The molecule has 0 saturated heterocycles. The van der Waals surface area contributed by atoms with Gasteiger partial charge in [-0.15, -0.1) is 11.3 Å². The van der Waals surface area contributed by atoms with Gasteiger partial charge in [-0.3, -0.25) is 9.69 Å². The molecule has 0 spiro atoms. The lowest BCUT2D eigenvalue weighted by atomic mass is 10.1. The zero-order valence-corrected chi connectivity index (χ0v) is 17.1. The number of carbonyl (C=O) groups is 1. The third kappa shape index (κ3) is 4.89. The number of carbonyl (C=O) groups excluding carboxylic acids is 1.